The van der Waals surface area contributed by atoms with Crippen molar-refractivity contribution >= 4 is 30.0 Å². The van der Waals surface area contributed by atoms with Crippen molar-refractivity contribution in [1.82, 2.24) is 14.9 Å². The second-order valence-corrected chi connectivity index (χ2v) is 5.96. The molecule has 0 fully saturated rings. The van der Waals surface area contributed by atoms with Crippen molar-refractivity contribution in [2.45, 2.75) is 13.8 Å². The number of hydrogen-bond donors (Lipinski definition) is 2. The third-order valence-corrected chi connectivity index (χ3v) is 3.78. The van der Waals surface area contributed by atoms with E-state index in [1.807, 2.05) is 55.5 Å². The van der Waals surface area contributed by atoms with E-state index in [0.717, 1.165) is 16.8 Å². The minimum atomic E-state index is -0.103. The molecule has 6 nitrogen and oxygen atoms in total. The van der Waals surface area contributed by atoms with Crippen LogP contribution < -0.4 is 5.32 Å². The van der Waals surface area contributed by atoms with Gasteiger partial charge >= 0.3 is 0 Å². The van der Waals surface area contributed by atoms with Crippen LogP contribution in [0.4, 0.5) is 5.69 Å². The zero-order valence-corrected chi connectivity index (χ0v) is 14.7. The molecule has 3 rings (SSSR count). The van der Waals surface area contributed by atoms with Crippen LogP contribution >= 0.6 is 12.2 Å². The lowest BCUT2D eigenvalue weighted by Crippen LogP contribution is -2.05. The van der Waals surface area contributed by atoms with E-state index in [4.69, 9.17) is 12.2 Å². The molecule has 2 N–H and O–H groups in total. The highest BCUT2D eigenvalue weighted by Crippen LogP contribution is 2.18. The molecule has 0 bridgehead atoms. The van der Waals surface area contributed by atoms with E-state index in [1.165, 1.54) is 12.5 Å². The van der Waals surface area contributed by atoms with Gasteiger partial charge in [-0.15, -0.1) is 0 Å². The number of anilines is 1. The fourth-order valence-electron chi connectivity index (χ4n) is 2.27. The highest BCUT2D eigenvalue weighted by atomic mass is 32.1. The predicted octanol–water partition coefficient (Wildman–Crippen LogP) is 3.76. The molecule has 1 aromatic heterocycles. The standard InChI is InChI=1S/C18H17N5OS/c1-12-3-7-15(8-4-12)17-21-22-18(25)23(17)19-11-14-5-9-16(10-6-14)20-13(2)24/h3-11H,1-2H3,(H,20,24)(H,22,25)/b19-11-. The first-order valence-corrected chi connectivity index (χ1v) is 8.10. The Morgan fingerprint density at radius 3 is 2.52 bits per heavy atom. The van der Waals surface area contributed by atoms with Gasteiger partial charge in [0.25, 0.3) is 0 Å². The summed E-state index contributed by atoms with van der Waals surface area (Å²) in [5, 5.41) is 14.2. The fraction of sp³-hybridized carbons (Fsp3) is 0.111. The van der Waals surface area contributed by atoms with Crippen LogP contribution in [0.25, 0.3) is 11.4 Å². The summed E-state index contributed by atoms with van der Waals surface area (Å²) in [6, 6.07) is 15.4. The molecule has 1 heterocycles. The van der Waals surface area contributed by atoms with Gasteiger partial charge in [0.15, 0.2) is 5.82 Å². The molecule has 0 saturated carbocycles. The third kappa shape index (κ3) is 4.07. The van der Waals surface area contributed by atoms with Crippen molar-refractivity contribution in [3.8, 4) is 11.4 Å². The van der Waals surface area contributed by atoms with E-state index < -0.39 is 0 Å². The molecule has 0 aliphatic heterocycles. The summed E-state index contributed by atoms with van der Waals surface area (Å²) in [5.41, 5.74) is 3.72. The van der Waals surface area contributed by atoms with Gasteiger partial charge in [-0.05, 0) is 36.8 Å². The molecular formula is C18H17N5OS. The average molecular weight is 351 g/mol. The molecule has 3 aromatic rings. The highest BCUT2D eigenvalue weighted by molar-refractivity contribution is 7.71. The molecule has 2 aromatic carbocycles. The van der Waals surface area contributed by atoms with Crippen molar-refractivity contribution in [2.75, 3.05) is 5.32 Å². The van der Waals surface area contributed by atoms with Crippen LogP contribution in [0, 0.1) is 11.7 Å². The maximum absolute atomic E-state index is 11.0. The number of hydrogen-bond acceptors (Lipinski definition) is 4. The van der Waals surface area contributed by atoms with Gasteiger partial charge in [-0.2, -0.15) is 14.9 Å². The Labute approximate surface area is 150 Å². The monoisotopic (exact) mass is 351 g/mol. The Kier molecular flexibility index (Phi) is 4.85. The zero-order valence-electron chi connectivity index (χ0n) is 13.9. The normalized spacial score (nSPS) is 11.0. The topological polar surface area (TPSA) is 75.1 Å². The van der Waals surface area contributed by atoms with E-state index in [0.29, 0.717) is 10.6 Å². The van der Waals surface area contributed by atoms with Crippen molar-refractivity contribution in [3.05, 3.63) is 64.4 Å². The van der Waals surface area contributed by atoms with Crippen LogP contribution in [-0.4, -0.2) is 27.0 Å². The number of aryl methyl sites for hydroxylation is 1. The van der Waals surface area contributed by atoms with E-state index >= 15 is 0 Å². The molecule has 0 atom stereocenters. The molecule has 25 heavy (non-hydrogen) atoms. The molecule has 0 aliphatic rings. The fourth-order valence-corrected chi connectivity index (χ4v) is 2.45. The Morgan fingerprint density at radius 1 is 1.20 bits per heavy atom. The number of nitrogens with zero attached hydrogens (tertiary/aromatic N) is 3. The summed E-state index contributed by atoms with van der Waals surface area (Å²) in [6.07, 6.45) is 1.69. The molecule has 0 saturated heterocycles. The number of aromatic nitrogens is 3. The Bertz CT molecular complexity index is 968. The average Bonchev–Trinajstić information content (AvgIpc) is 2.95. The smallest absolute Gasteiger partial charge is 0.221 e. The van der Waals surface area contributed by atoms with E-state index in [9.17, 15) is 4.79 Å². The SMILES string of the molecule is CC(=O)Nc1ccc(/C=N\n2c(-c3ccc(C)cc3)n[nH]c2=S)cc1. The Hall–Kier alpha value is -3.06. The lowest BCUT2D eigenvalue weighted by atomic mass is 10.1. The Morgan fingerprint density at radius 2 is 1.88 bits per heavy atom. The maximum atomic E-state index is 11.0. The first-order valence-electron chi connectivity index (χ1n) is 7.69. The molecule has 1 amide bonds. The minimum Gasteiger partial charge on any atom is -0.326 e. The van der Waals surface area contributed by atoms with E-state index in [2.05, 4.69) is 20.6 Å². The first kappa shape index (κ1) is 16.8. The first-order chi connectivity index (χ1) is 12.0. The molecular weight excluding hydrogens is 334 g/mol. The van der Waals surface area contributed by atoms with Crippen LogP contribution in [-0.2, 0) is 4.79 Å². The van der Waals surface area contributed by atoms with Gasteiger partial charge in [0.2, 0.25) is 10.7 Å². The number of nitrogens with one attached hydrogen (secondary N) is 2. The van der Waals surface area contributed by atoms with Gasteiger partial charge in [-0.1, -0.05) is 42.0 Å². The second-order valence-electron chi connectivity index (χ2n) is 5.58. The van der Waals surface area contributed by atoms with Gasteiger partial charge in [-0.25, -0.2) is 5.10 Å². The summed E-state index contributed by atoms with van der Waals surface area (Å²) in [7, 11) is 0. The van der Waals surface area contributed by atoms with Crippen molar-refractivity contribution in [1.29, 1.82) is 0 Å². The number of aromatic amines is 1. The van der Waals surface area contributed by atoms with Gasteiger partial charge in [0.1, 0.15) is 0 Å². The quantitative estimate of drug-likeness (QED) is 0.555. The van der Waals surface area contributed by atoms with Crippen LogP contribution in [0.1, 0.15) is 18.1 Å². The number of rotatable bonds is 4. The lowest BCUT2D eigenvalue weighted by Gasteiger charge is -2.03. The number of H-pyrrole nitrogens is 1. The van der Waals surface area contributed by atoms with Crippen molar-refractivity contribution in [2.24, 2.45) is 5.10 Å². The van der Waals surface area contributed by atoms with Crippen molar-refractivity contribution < 1.29 is 4.79 Å². The molecule has 0 spiro atoms. The largest absolute Gasteiger partial charge is 0.326 e. The Balaban J connectivity index is 1.86. The van der Waals surface area contributed by atoms with Gasteiger partial charge in [-0.3, -0.25) is 4.79 Å². The number of amides is 1. The summed E-state index contributed by atoms with van der Waals surface area (Å²) in [6.45, 7) is 3.51. The van der Waals surface area contributed by atoms with Gasteiger partial charge in [0.05, 0.1) is 6.21 Å². The van der Waals surface area contributed by atoms with Gasteiger partial charge in [0, 0.05) is 18.2 Å². The van der Waals surface area contributed by atoms with E-state index in [-0.39, 0.29) is 5.91 Å². The number of carbonyl (C=O) groups is 1. The highest BCUT2D eigenvalue weighted by Gasteiger charge is 2.07. The van der Waals surface area contributed by atoms with Crippen LogP contribution in [0.2, 0.25) is 0 Å². The predicted molar refractivity (Wildman–Crippen MR) is 101 cm³/mol. The minimum absolute atomic E-state index is 0.103. The number of benzene rings is 2. The molecule has 0 aliphatic carbocycles. The van der Waals surface area contributed by atoms with Crippen LogP contribution in [0.3, 0.4) is 0 Å². The van der Waals surface area contributed by atoms with Crippen LogP contribution in [0.5, 0.6) is 0 Å². The molecule has 7 heteroatoms. The van der Waals surface area contributed by atoms with E-state index in [1.54, 1.807) is 10.9 Å². The maximum Gasteiger partial charge on any atom is 0.221 e. The van der Waals surface area contributed by atoms with Gasteiger partial charge < -0.3 is 5.32 Å². The summed E-state index contributed by atoms with van der Waals surface area (Å²) in [5.74, 6) is 0.546. The summed E-state index contributed by atoms with van der Waals surface area (Å²) < 4.78 is 2.00. The molecule has 126 valence electrons. The van der Waals surface area contributed by atoms with Crippen molar-refractivity contribution in [3.63, 3.8) is 0 Å². The second kappa shape index (κ2) is 7.23. The molecule has 0 radical (unpaired) electrons. The summed E-state index contributed by atoms with van der Waals surface area (Å²) in [4.78, 5) is 11.0. The van der Waals surface area contributed by atoms with Crippen LogP contribution in [0.15, 0.2) is 53.6 Å². The number of carbonyl (C=O) groups excluding carboxylic acids is 1. The summed E-state index contributed by atoms with van der Waals surface area (Å²) >= 11 is 5.27. The lowest BCUT2D eigenvalue weighted by molar-refractivity contribution is -0.114. The zero-order chi connectivity index (χ0) is 17.8. The third-order valence-electron chi connectivity index (χ3n) is 3.51. The molecule has 0 unspecified atom stereocenters.